The first kappa shape index (κ1) is 9.62. The number of nitrogens with one attached hydrogen (secondary N) is 1. The number of hydrogen-bond acceptors (Lipinski definition) is 2. The van der Waals surface area contributed by atoms with Gasteiger partial charge in [-0.05, 0) is 18.9 Å². The van der Waals surface area contributed by atoms with Crippen LogP contribution in [0.2, 0.25) is 0 Å². The summed E-state index contributed by atoms with van der Waals surface area (Å²) in [7, 11) is 0. The van der Waals surface area contributed by atoms with Gasteiger partial charge in [-0.3, -0.25) is 0 Å². The summed E-state index contributed by atoms with van der Waals surface area (Å²) in [5.41, 5.74) is 1.37. The molecule has 0 saturated carbocycles. The van der Waals surface area contributed by atoms with E-state index in [-0.39, 0.29) is 0 Å². The minimum Gasteiger partial charge on any atom is -0.305 e. The minimum absolute atomic E-state index is 0.505. The van der Waals surface area contributed by atoms with E-state index in [0.717, 1.165) is 12.3 Å². The normalized spacial score (nSPS) is 12.8. The van der Waals surface area contributed by atoms with Crippen LogP contribution >= 0.6 is 12.6 Å². The van der Waals surface area contributed by atoms with Crippen LogP contribution in [0.1, 0.15) is 12.5 Å². The van der Waals surface area contributed by atoms with Crippen molar-refractivity contribution in [1.29, 1.82) is 0 Å². The molecule has 0 aliphatic rings. The van der Waals surface area contributed by atoms with Crippen molar-refractivity contribution in [3.05, 3.63) is 35.9 Å². The third kappa shape index (κ3) is 3.28. The predicted molar refractivity (Wildman–Crippen MR) is 56.6 cm³/mol. The third-order valence-corrected chi connectivity index (χ3v) is 2.01. The van der Waals surface area contributed by atoms with Crippen LogP contribution in [0.15, 0.2) is 30.3 Å². The van der Waals surface area contributed by atoms with E-state index in [1.807, 2.05) is 6.07 Å². The molecule has 1 unspecified atom stereocenters. The summed E-state index contributed by atoms with van der Waals surface area (Å²) < 4.78 is 0. The highest BCUT2D eigenvalue weighted by molar-refractivity contribution is 7.80. The van der Waals surface area contributed by atoms with Crippen molar-refractivity contribution in [2.24, 2.45) is 0 Å². The van der Waals surface area contributed by atoms with Gasteiger partial charge in [-0.2, -0.15) is 12.6 Å². The fourth-order valence-corrected chi connectivity index (χ4v) is 1.51. The van der Waals surface area contributed by atoms with Gasteiger partial charge in [0.05, 0.1) is 0 Å². The van der Waals surface area contributed by atoms with Gasteiger partial charge < -0.3 is 5.32 Å². The highest BCUT2D eigenvalue weighted by atomic mass is 32.1. The topological polar surface area (TPSA) is 12.0 Å². The van der Waals surface area contributed by atoms with E-state index in [0.29, 0.717) is 6.04 Å². The largest absolute Gasteiger partial charge is 0.305 e. The van der Waals surface area contributed by atoms with Gasteiger partial charge in [-0.25, -0.2) is 0 Å². The van der Waals surface area contributed by atoms with E-state index in [2.05, 4.69) is 49.1 Å². The fraction of sp³-hybridized carbons (Fsp3) is 0.400. The molecule has 0 amide bonds. The molecular weight excluding hydrogens is 166 g/mol. The van der Waals surface area contributed by atoms with Crippen LogP contribution in [0.5, 0.6) is 0 Å². The van der Waals surface area contributed by atoms with Crippen LogP contribution in [0.25, 0.3) is 0 Å². The van der Waals surface area contributed by atoms with Crippen molar-refractivity contribution in [3.8, 4) is 0 Å². The van der Waals surface area contributed by atoms with E-state index in [9.17, 15) is 0 Å². The van der Waals surface area contributed by atoms with Gasteiger partial charge in [0.1, 0.15) is 0 Å². The average Bonchev–Trinajstić information content (AvgIpc) is 2.06. The molecule has 1 nitrogen and oxygen atoms in total. The molecule has 0 aliphatic carbocycles. The maximum atomic E-state index is 4.12. The molecule has 0 aliphatic heterocycles. The molecule has 0 spiro atoms. The Labute approximate surface area is 79.6 Å². The molecular formula is C10H15NS. The lowest BCUT2D eigenvalue weighted by atomic mass is 10.1. The lowest BCUT2D eigenvalue weighted by Gasteiger charge is -2.11. The fourth-order valence-electron chi connectivity index (χ4n) is 1.20. The molecule has 0 saturated heterocycles. The quantitative estimate of drug-likeness (QED) is 0.535. The first-order valence-electron chi connectivity index (χ1n) is 4.21. The Morgan fingerprint density at radius 1 is 1.33 bits per heavy atom. The molecule has 12 heavy (non-hydrogen) atoms. The Morgan fingerprint density at radius 3 is 2.58 bits per heavy atom. The Kier molecular flexibility index (Phi) is 4.19. The lowest BCUT2D eigenvalue weighted by molar-refractivity contribution is 0.599. The molecule has 1 aromatic rings. The second-order valence-corrected chi connectivity index (χ2v) is 3.27. The zero-order chi connectivity index (χ0) is 8.81. The van der Waals surface area contributed by atoms with Gasteiger partial charge >= 0.3 is 0 Å². The number of thiol groups is 1. The standard InChI is InChI=1S/C10H15NS/c1-9(11-8-12)7-10-5-3-2-4-6-10/h2-6,9,11-12H,7-8H2,1H3. The van der Waals surface area contributed by atoms with Gasteiger partial charge in [0.2, 0.25) is 0 Å². The molecule has 1 atom stereocenters. The van der Waals surface area contributed by atoms with Gasteiger partial charge in [0, 0.05) is 11.9 Å². The van der Waals surface area contributed by atoms with Crippen molar-refractivity contribution in [2.45, 2.75) is 19.4 Å². The maximum Gasteiger partial charge on any atom is 0.0389 e. The van der Waals surface area contributed by atoms with Crippen LogP contribution in [0.4, 0.5) is 0 Å². The molecule has 0 radical (unpaired) electrons. The summed E-state index contributed by atoms with van der Waals surface area (Å²) in [4.78, 5) is 0. The van der Waals surface area contributed by atoms with E-state index < -0.39 is 0 Å². The van der Waals surface area contributed by atoms with Gasteiger partial charge in [-0.15, -0.1) is 0 Å². The van der Waals surface area contributed by atoms with Crippen LogP contribution < -0.4 is 5.32 Å². The highest BCUT2D eigenvalue weighted by Gasteiger charge is 1.99. The molecule has 66 valence electrons. The number of rotatable bonds is 4. The molecule has 1 N–H and O–H groups in total. The second-order valence-electron chi connectivity index (χ2n) is 2.95. The smallest absolute Gasteiger partial charge is 0.0389 e. The van der Waals surface area contributed by atoms with Crippen LogP contribution in [-0.2, 0) is 6.42 Å². The average molecular weight is 181 g/mol. The minimum atomic E-state index is 0.505. The highest BCUT2D eigenvalue weighted by Crippen LogP contribution is 2.02. The molecule has 0 heterocycles. The Hall–Kier alpha value is -0.470. The molecule has 0 bridgehead atoms. The third-order valence-electron chi connectivity index (χ3n) is 1.82. The summed E-state index contributed by atoms with van der Waals surface area (Å²) in [6.45, 7) is 2.17. The number of benzene rings is 1. The summed E-state index contributed by atoms with van der Waals surface area (Å²) in [6, 6.07) is 11.0. The van der Waals surface area contributed by atoms with Crippen molar-refractivity contribution >= 4 is 12.6 Å². The van der Waals surface area contributed by atoms with Gasteiger partial charge in [0.25, 0.3) is 0 Å². The predicted octanol–water partition coefficient (Wildman–Crippen LogP) is 2.09. The van der Waals surface area contributed by atoms with E-state index >= 15 is 0 Å². The molecule has 1 rings (SSSR count). The molecule has 0 aromatic heterocycles. The van der Waals surface area contributed by atoms with Gasteiger partial charge in [0.15, 0.2) is 0 Å². The first-order valence-corrected chi connectivity index (χ1v) is 4.84. The Morgan fingerprint density at radius 2 is 2.00 bits per heavy atom. The van der Waals surface area contributed by atoms with Crippen molar-refractivity contribution in [1.82, 2.24) is 5.32 Å². The Bertz CT molecular complexity index is 210. The van der Waals surface area contributed by atoms with Crippen LogP contribution in [-0.4, -0.2) is 11.9 Å². The Balaban J connectivity index is 2.41. The molecule has 2 heteroatoms. The lowest BCUT2D eigenvalue weighted by Crippen LogP contribution is -2.26. The van der Waals surface area contributed by atoms with Crippen molar-refractivity contribution < 1.29 is 0 Å². The summed E-state index contributed by atoms with van der Waals surface area (Å²) >= 11 is 4.12. The monoisotopic (exact) mass is 181 g/mol. The maximum absolute atomic E-state index is 4.12. The SMILES string of the molecule is CC(Cc1ccccc1)NCS. The second kappa shape index (κ2) is 5.22. The zero-order valence-corrected chi connectivity index (χ0v) is 8.22. The van der Waals surface area contributed by atoms with Crippen LogP contribution in [0, 0.1) is 0 Å². The van der Waals surface area contributed by atoms with Crippen molar-refractivity contribution in [3.63, 3.8) is 0 Å². The molecule has 1 aromatic carbocycles. The first-order chi connectivity index (χ1) is 5.83. The van der Waals surface area contributed by atoms with Crippen molar-refractivity contribution in [2.75, 3.05) is 5.88 Å². The zero-order valence-electron chi connectivity index (χ0n) is 7.33. The summed E-state index contributed by atoms with van der Waals surface area (Å²) in [5.74, 6) is 0.744. The summed E-state index contributed by atoms with van der Waals surface area (Å²) in [5, 5.41) is 3.26. The summed E-state index contributed by atoms with van der Waals surface area (Å²) in [6.07, 6.45) is 1.07. The van der Waals surface area contributed by atoms with E-state index in [1.54, 1.807) is 0 Å². The number of hydrogen-bond donors (Lipinski definition) is 2. The van der Waals surface area contributed by atoms with E-state index in [4.69, 9.17) is 0 Å². The molecule has 0 fully saturated rings. The van der Waals surface area contributed by atoms with E-state index in [1.165, 1.54) is 5.56 Å². The van der Waals surface area contributed by atoms with Gasteiger partial charge in [-0.1, -0.05) is 30.3 Å². The van der Waals surface area contributed by atoms with Crippen LogP contribution in [0.3, 0.4) is 0 Å².